The van der Waals surface area contributed by atoms with Crippen molar-refractivity contribution in [3.63, 3.8) is 0 Å². The molecular formula is C16H19ClN4O2S. The molecule has 1 fully saturated rings. The highest BCUT2D eigenvalue weighted by Crippen LogP contribution is 2.27. The summed E-state index contributed by atoms with van der Waals surface area (Å²) in [5.41, 5.74) is 0.759. The minimum absolute atomic E-state index is 0.0579. The Morgan fingerprint density at radius 1 is 1.29 bits per heavy atom. The van der Waals surface area contributed by atoms with Gasteiger partial charge in [-0.25, -0.2) is 18.4 Å². The summed E-state index contributed by atoms with van der Waals surface area (Å²) in [6.07, 6.45) is 0.620. The first-order valence-corrected chi connectivity index (χ1v) is 9.84. The van der Waals surface area contributed by atoms with Gasteiger partial charge >= 0.3 is 0 Å². The van der Waals surface area contributed by atoms with Gasteiger partial charge in [0.2, 0.25) is 0 Å². The monoisotopic (exact) mass is 366 g/mol. The maximum Gasteiger partial charge on any atom is 0.152 e. The van der Waals surface area contributed by atoms with Crippen molar-refractivity contribution in [1.82, 2.24) is 9.97 Å². The third-order valence-corrected chi connectivity index (χ3v) is 6.16. The molecule has 0 radical (unpaired) electrons. The molecule has 6 nitrogen and oxygen atoms in total. The minimum atomic E-state index is -2.94. The molecule has 0 bridgehead atoms. The Morgan fingerprint density at radius 3 is 2.71 bits per heavy atom. The highest BCUT2D eigenvalue weighted by molar-refractivity contribution is 7.91. The average Bonchev–Trinajstić information content (AvgIpc) is 2.88. The van der Waals surface area contributed by atoms with Crippen LogP contribution in [0, 0.1) is 6.92 Å². The zero-order valence-electron chi connectivity index (χ0n) is 13.5. The van der Waals surface area contributed by atoms with Crippen LogP contribution in [0.1, 0.15) is 12.2 Å². The number of hydrogen-bond donors (Lipinski definition) is 1. The van der Waals surface area contributed by atoms with Crippen LogP contribution in [-0.4, -0.2) is 43.0 Å². The van der Waals surface area contributed by atoms with Gasteiger partial charge < -0.3 is 10.2 Å². The van der Waals surface area contributed by atoms with Gasteiger partial charge in [-0.3, -0.25) is 0 Å². The zero-order valence-corrected chi connectivity index (χ0v) is 15.1. The molecule has 0 aliphatic carbocycles. The second kappa shape index (κ2) is 6.57. The summed E-state index contributed by atoms with van der Waals surface area (Å²) >= 11 is 6.17. The first kappa shape index (κ1) is 17.0. The second-order valence-electron chi connectivity index (χ2n) is 5.93. The molecule has 1 N–H and O–H groups in total. The summed E-state index contributed by atoms with van der Waals surface area (Å²) in [5.74, 6) is 2.32. The van der Waals surface area contributed by atoms with Crippen LogP contribution in [0.25, 0.3) is 0 Å². The van der Waals surface area contributed by atoms with Crippen LogP contribution in [0.2, 0.25) is 5.02 Å². The maximum atomic E-state index is 11.7. The molecule has 0 saturated carbocycles. The first-order chi connectivity index (χ1) is 11.3. The lowest BCUT2D eigenvalue weighted by Gasteiger charge is -2.25. The largest absolute Gasteiger partial charge is 0.355 e. The van der Waals surface area contributed by atoms with Crippen molar-refractivity contribution in [2.75, 3.05) is 28.8 Å². The van der Waals surface area contributed by atoms with Gasteiger partial charge in [0.15, 0.2) is 9.84 Å². The number of anilines is 3. The molecule has 24 heavy (non-hydrogen) atoms. The Hall–Kier alpha value is -1.86. The van der Waals surface area contributed by atoms with Gasteiger partial charge in [0.1, 0.15) is 17.5 Å². The fourth-order valence-corrected chi connectivity index (χ4v) is 4.72. The molecule has 2 aromatic rings. The van der Waals surface area contributed by atoms with E-state index in [2.05, 4.69) is 15.3 Å². The van der Waals surface area contributed by atoms with E-state index in [1.165, 1.54) is 0 Å². The molecular weight excluding hydrogens is 348 g/mol. The van der Waals surface area contributed by atoms with Crippen LogP contribution in [0.3, 0.4) is 0 Å². The zero-order chi connectivity index (χ0) is 17.3. The topological polar surface area (TPSA) is 75.2 Å². The van der Waals surface area contributed by atoms with Crippen molar-refractivity contribution in [1.29, 1.82) is 0 Å². The SMILES string of the molecule is Cc1nc(Nc2ccccc2Cl)cc(N(C)C2CCS(=O)(=O)C2)n1. The fourth-order valence-electron chi connectivity index (χ4n) is 2.77. The van der Waals surface area contributed by atoms with E-state index < -0.39 is 9.84 Å². The van der Waals surface area contributed by atoms with Crippen molar-refractivity contribution in [2.24, 2.45) is 0 Å². The first-order valence-electron chi connectivity index (χ1n) is 7.64. The molecule has 8 heteroatoms. The Kier molecular flexibility index (Phi) is 4.64. The van der Waals surface area contributed by atoms with E-state index in [9.17, 15) is 8.42 Å². The van der Waals surface area contributed by atoms with Crippen molar-refractivity contribution in [3.05, 3.63) is 41.2 Å². The number of hydrogen-bond acceptors (Lipinski definition) is 6. The summed E-state index contributed by atoms with van der Waals surface area (Å²) in [5, 5.41) is 3.79. The van der Waals surface area contributed by atoms with Crippen LogP contribution in [0.15, 0.2) is 30.3 Å². The predicted octanol–water partition coefficient (Wildman–Crippen LogP) is 2.81. The van der Waals surface area contributed by atoms with E-state index in [1.807, 2.05) is 30.1 Å². The number of para-hydroxylation sites is 1. The normalized spacial score (nSPS) is 19.2. The molecule has 1 aliphatic heterocycles. The summed E-state index contributed by atoms with van der Waals surface area (Å²) in [6.45, 7) is 1.81. The van der Waals surface area contributed by atoms with Gasteiger partial charge in [0.05, 0.1) is 22.2 Å². The Bertz CT molecular complexity index is 857. The standard InChI is InChI=1S/C16H19ClN4O2S/c1-11-18-15(20-14-6-4-3-5-13(14)17)9-16(19-11)21(2)12-7-8-24(22,23)10-12/h3-6,9,12H,7-8,10H2,1-2H3,(H,18,19,20). The number of halogens is 1. The second-order valence-corrected chi connectivity index (χ2v) is 8.57. The lowest BCUT2D eigenvalue weighted by molar-refractivity contribution is 0.600. The van der Waals surface area contributed by atoms with Crippen molar-refractivity contribution < 1.29 is 8.42 Å². The van der Waals surface area contributed by atoms with Gasteiger partial charge in [0.25, 0.3) is 0 Å². The van der Waals surface area contributed by atoms with E-state index in [0.29, 0.717) is 28.9 Å². The molecule has 2 heterocycles. The maximum absolute atomic E-state index is 11.7. The molecule has 0 spiro atoms. The third kappa shape index (κ3) is 3.79. The fraction of sp³-hybridized carbons (Fsp3) is 0.375. The summed E-state index contributed by atoms with van der Waals surface area (Å²) in [7, 11) is -1.07. The van der Waals surface area contributed by atoms with Crippen LogP contribution in [0.4, 0.5) is 17.3 Å². The molecule has 1 unspecified atom stereocenters. The van der Waals surface area contributed by atoms with Gasteiger partial charge in [-0.05, 0) is 25.5 Å². The number of aromatic nitrogens is 2. The molecule has 1 atom stereocenters. The lowest BCUT2D eigenvalue weighted by atomic mass is 10.2. The molecule has 3 rings (SSSR count). The smallest absolute Gasteiger partial charge is 0.152 e. The van der Waals surface area contributed by atoms with E-state index in [1.54, 1.807) is 19.1 Å². The van der Waals surface area contributed by atoms with Crippen LogP contribution >= 0.6 is 11.6 Å². The van der Waals surface area contributed by atoms with E-state index >= 15 is 0 Å². The van der Waals surface area contributed by atoms with Crippen LogP contribution in [-0.2, 0) is 9.84 Å². The van der Waals surface area contributed by atoms with Crippen molar-refractivity contribution in [3.8, 4) is 0 Å². The number of aryl methyl sites for hydroxylation is 1. The Balaban J connectivity index is 1.85. The number of sulfone groups is 1. The number of benzene rings is 1. The molecule has 1 aliphatic rings. The number of nitrogens with one attached hydrogen (secondary N) is 1. The van der Waals surface area contributed by atoms with Gasteiger partial charge in [-0.1, -0.05) is 23.7 Å². The number of nitrogens with zero attached hydrogens (tertiary/aromatic N) is 3. The van der Waals surface area contributed by atoms with Crippen molar-refractivity contribution in [2.45, 2.75) is 19.4 Å². The third-order valence-electron chi connectivity index (χ3n) is 4.08. The molecule has 1 aromatic heterocycles. The predicted molar refractivity (Wildman–Crippen MR) is 97.0 cm³/mol. The highest BCUT2D eigenvalue weighted by Gasteiger charge is 2.31. The molecule has 128 valence electrons. The highest BCUT2D eigenvalue weighted by atomic mass is 35.5. The summed E-state index contributed by atoms with van der Waals surface area (Å²) < 4.78 is 23.4. The summed E-state index contributed by atoms with van der Waals surface area (Å²) in [4.78, 5) is 10.7. The average molecular weight is 367 g/mol. The Morgan fingerprint density at radius 2 is 2.04 bits per heavy atom. The van der Waals surface area contributed by atoms with Crippen LogP contribution < -0.4 is 10.2 Å². The van der Waals surface area contributed by atoms with Crippen LogP contribution in [0.5, 0.6) is 0 Å². The van der Waals surface area contributed by atoms with Gasteiger partial charge in [-0.2, -0.15) is 0 Å². The van der Waals surface area contributed by atoms with E-state index in [4.69, 9.17) is 11.6 Å². The van der Waals surface area contributed by atoms with Gasteiger partial charge in [0, 0.05) is 19.2 Å². The molecule has 1 aromatic carbocycles. The minimum Gasteiger partial charge on any atom is -0.355 e. The van der Waals surface area contributed by atoms with Crippen molar-refractivity contribution >= 4 is 38.8 Å². The molecule has 0 amide bonds. The molecule has 1 saturated heterocycles. The number of rotatable bonds is 4. The van der Waals surface area contributed by atoms with E-state index in [0.717, 1.165) is 5.69 Å². The van der Waals surface area contributed by atoms with E-state index in [-0.39, 0.29) is 17.5 Å². The lowest BCUT2D eigenvalue weighted by Crippen LogP contribution is -2.33. The summed E-state index contributed by atoms with van der Waals surface area (Å²) in [6, 6.07) is 9.16. The Labute approximate surface area is 146 Å². The van der Waals surface area contributed by atoms with Gasteiger partial charge in [-0.15, -0.1) is 0 Å². The quantitative estimate of drug-likeness (QED) is 0.896.